The first-order chi connectivity index (χ1) is 12.6. The van der Waals surface area contributed by atoms with Crippen LogP contribution < -0.4 is 15.6 Å². The third kappa shape index (κ3) is 4.83. The molecule has 2 aromatic carbocycles. The molecular formula is C19H19BrN2O4. The van der Waals surface area contributed by atoms with Gasteiger partial charge in [0.2, 0.25) is 0 Å². The Bertz CT molecular complexity index is 773. The summed E-state index contributed by atoms with van der Waals surface area (Å²) in [6.07, 6.45) is 2.22. The van der Waals surface area contributed by atoms with Gasteiger partial charge in [0.15, 0.2) is 0 Å². The molecule has 0 spiro atoms. The van der Waals surface area contributed by atoms with Crippen LogP contribution in [0.4, 0.5) is 0 Å². The van der Waals surface area contributed by atoms with E-state index in [-0.39, 0.29) is 6.10 Å². The molecule has 0 radical (unpaired) electrons. The minimum atomic E-state index is -0.406. The predicted octanol–water partition coefficient (Wildman–Crippen LogP) is 3.08. The van der Waals surface area contributed by atoms with Gasteiger partial charge in [0.1, 0.15) is 12.4 Å². The molecule has 136 valence electrons. The number of nitrogens with one attached hydrogen (secondary N) is 2. The van der Waals surface area contributed by atoms with Gasteiger partial charge in [0.05, 0.1) is 11.7 Å². The van der Waals surface area contributed by atoms with Crippen molar-refractivity contribution in [1.29, 1.82) is 0 Å². The van der Waals surface area contributed by atoms with E-state index in [0.717, 1.165) is 19.4 Å². The van der Waals surface area contributed by atoms with E-state index >= 15 is 0 Å². The van der Waals surface area contributed by atoms with Crippen LogP contribution in [0.15, 0.2) is 53.0 Å². The van der Waals surface area contributed by atoms with Crippen molar-refractivity contribution in [2.75, 3.05) is 13.2 Å². The third-order valence-corrected chi connectivity index (χ3v) is 4.68. The van der Waals surface area contributed by atoms with Crippen molar-refractivity contribution in [2.24, 2.45) is 0 Å². The molecule has 26 heavy (non-hydrogen) atoms. The van der Waals surface area contributed by atoms with E-state index in [2.05, 4.69) is 26.8 Å². The summed E-state index contributed by atoms with van der Waals surface area (Å²) >= 11 is 3.30. The summed E-state index contributed by atoms with van der Waals surface area (Å²) in [5.74, 6) is -0.132. The molecule has 6 nitrogen and oxygen atoms in total. The SMILES string of the molecule is O=C(NNC(=O)c1ccccc1Br)c1ccc(OCC2CCCO2)cc1. The van der Waals surface area contributed by atoms with Crippen LogP contribution in [-0.2, 0) is 4.74 Å². The summed E-state index contributed by atoms with van der Waals surface area (Å²) in [5.41, 5.74) is 5.65. The molecule has 0 saturated carbocycles. The first-order valence-corrected chi connectivity index (χ1v) is 9.12. The van der Waals surface area contributed by atoms with Gasteiger partial charge in [-0.1, -0.05) is 12.1 Å². The lowest BCUT2D eigenvalue weighted by molar-refractivity contribution is 0.0679. The van der Waals surface area contributed by atoms with Gasteiger partial charge in [0, 0.05) is 16.6 Å². The highest BCUT2D eigenvalue weighted by Crippen LogP contribution is 2.17. The van der Waals surface area contributed by atoms with Crippen LogP contribution in [0.25, 0.3) is 0 Å². The Morgan fingerprint density at radius 3 is 2.50 bits per heavy atom. The number of hydrazine groups is 1. The van der Waals surface area contributed by atoms with E-state index < -0.39 is 11.8 Å². The first-order valence-electron chi connectivity index (χ1n) is 8.33. The van der Waals surface area contributed by atoms with Gasteiger partial charge in [-0.2, -0.15) is 0 Å². The second-order valence-electron chi connectivity index (χ2n) is 5.86. The van der Waals surface area contributed by atoms with Crippen LogP contribution in [-0.4, -0.2) is 31.1 Å². The molecule has 1 aliphatic heterocycles. The molecule has 1 fully saturated rings. The lowest BCUT2D eigenvalue weighted by Gasteiger charge is -2.12. The van der Waals surface area contributed by atoms with E-state index in [0.29, 0.717) is 28.0 Å². The summed E-state index contributed by atoms with van der Waals surface area (Å²) in [5, 5.41) is 0. The van der Waals surface area contributed by atoms with E-state index in [1.54, 1.807) is 42.5 Å². The number of ether oxygens (including phenoxy) is 2. The predicted molar refractivity (Wildman–Crippen MR) is 100.0 cm³/mol. The largest absolute Gasteiger partial charge is 0.491 e. The average Bonchev–Trinajstić information content (AvgIpc) is 3.18. The van der Waals surface area contributed by atoms with Gasteiger partial charge in [-0.15, -0.1) is 0 Å². The van der Waals surface area contributed by atoms with Crippen LogP contribution in [0.3, 0.4) is 0 Å². The van der Waals surface area contributed by atoms with Gasteiger partial charge >= 0.3 is 0 Å². The number of carbonyl (C=O) groups is 2. The summed E-state index contributed by atoms with van der Waals surface area (Å²) in [6.45, 7) is 1.30. The number of benzene rings is 2. The van der Waals surface area contributed by atoms with Crippen LogP contribution in [0.1, 0.15) is 33.6 Å². The van der Waals surface area contributed by atoms with Gasteiger partial charge in [-0.3, -0.25) is 20.4 Å². The fourth-order valence-corrected chi connectivity index (χ4v) is 3.03. The zero-order chi connectivity index (χ0) is 18.4. The number of amides is 2. The molecule has 0 aromatic heterocycles. The Kier molecular flexibility index (Phi) is 6.25. The highest BCUT2D eigenvalue weighted by molar-refractivity contribution is 9.10. The molecule has 1 aliphatic rings. The molecule has 0 bridgehead atoms. The zero-order valence-electron chi connectivity index (χ0n) is 14.0. The minimum Gasteiger partial charge on any atom is -0.491 e. The Morgan fingerprint density at radius 2 is 1.81 bits per heavy atom. The first kappa shape index (κ1) is 18.4. The second-order valence-corrected chi connectivity index (χ2v) is 6.71. The number of rotatable bonds is 5. The minimum absolute atomic E-state index is 0.144. The molecule has 7 heteroatoms. The average molecular weight is 419 g/mol. The van der Waals surface area contributed by atoms with Crippen molar-refractivity contribution in [3.63, 3.8) is 0 Å². The number of hydrogen-bond donors (Lipinski definition) is 2. The lowest BCUT2D eigenvalue weighted by Crippen LogP contribution is -2.41. The molecule has 1 unspecified atom stereocenters. The van der Waals surface area contributed by atoms with Crippen LogP contribution >= 0.6 is 15.9 Å². The van der Waals surface area contributed by atoms with E-state index in [4.69, 9.17) is 9.47 Å². The van der Waals surface area contributed by atoms with Crippen LogP contribution in [0, 0.1) is 0 Å². The number of carbonyl (C=O) groups excluding carboxylic acids is 2. The van der Waals surface area contributed by atoms with Gasteiger partial charge in [0.25, 0.3) is 11.8 Å². The highest BCUT2D eigenvalue weighted by Gasteiger charge is 2.16. The third-order valence-electron chi connectivity index (χ3n) is 3.98. The standard InChI is InChI=1S/C19H19BrN2O4/c20-17-6-2-1-5-16(17)19(24)22-21-18(23)13-7-9-14(10-8-13)26-12-15-4-3-11-25-15/h1-2,5-10,15H,3-4,11-12H2,(H,21,23)(H,22,24). The Morgan fingerprint density at radius 1 is 1.08 bits per heavy atom. The topological polar surface area (TPSA) is 76.7 Å². The maximum atomic E-state index is 12.1. The maximum Gasteiger partial charge on any atom is 0.270 e. The smallest absolute Gasteiger partial charge is 0.270 e. The maximum absolute atomic E-state index is 12.1. The number of halogens is 1. The van der Waals surface area contributed by atoms with Crippen molar-refractivity contribution >= 4 is 27.7 Å². The van der Waals surface area contributed by atoms with Crippen molar-refractivity contribution in [3.8, 4) is 5.75 Å². The zero-order valence-corrected chi connectivity index (χ0v) is 15.6. The normalized spacial score (nSPS) is 16.1. The molecule has 1 heterocycles. The summed E-state index contributed by atoms with van der Waals surface area (Å²) in [4.78, 5) is 24.2. The molecule has 1 atom stereocenters. The molecule has 0 aliphatic carbocycles. The second kappa shape index (κ2) is 8.82. The molecule has 1 saturated heterocycles. The quantitative estimate of drug-likeness (QED) is 0.731. The van der Waals surface area contributed by atoms with Crippen molar-refractivity contribution < 1.29 is 19.1 Å². The monoisotopic (exact) mass is 418 g/mol. The molecule has 2 amide bonds. The van der Waals surface area contributed by atoms with Gasteiger partial charge in [-0.05, 0) is 65.2 Å². The molecule has 2 aromatic rings. The fourth-order valence-electron chi connectivity index (χ4n) is 2.57. The summed E-state index contributed by atoms with van der Waals surface area (Å²) < 4.78 is 11.8. The molecule has 3 rings (SSSR count). The van der Waals surface area contributed by atoms with E-state index in [1.807, 2.05) is 6.07 Å². The number of hydrogen-bond acceptors (Lipinski definition) is 4. The molecular weight excluding hydrogens is 400 g/mol. The Labute approximate surface area is 160 Å². The van der Waals surface area contributed by atoms with E-state index in [1.165, 1.54) is 0 Å². The lowest BCUT2D eigenvalue weighted by atomic mass is 10.2. The van der Waals surface area contributed by atoms with Crippen molar-refractivity contribution in [3.05, 3.63) is 64.1 Å². The van der Waals surface area contributed by atoms with Crippen LogP contribution in [0.5, 0.6) is 5.75 Å². The fraction of sp³-hybridized carbons (Fsp3) is 0.263. The summed E-state index contributed by atoms with van der Waals surface area (Å²) in [6, 6.07) is 13.7. The van der Waals surface area contributed by atoms with Crippen molar-refractivity contribution in [2.45, 2.75) is 18.9 Å². The highest BCUT2D eigenvalue weighted by atomic mass is 79.9. The molecule has 2 N–H and O–H groups in total. The van der Waals surface area contributed by atoms with Gasteiger partial charge in [-0.25, -0.2) is 0 Å². The van der Waals surface area contributed by atoms with E-state index in [9.17, 15) is 9.59 Å². The summed E-state index contributed by atoms with van der Waals surface area (Å²) in [7, 11) is 0. The Hall–Kier alpha value is -2.38. The van der Waals surface area contributed by atoms with Gasteiger partial charge < -0.3 is 9.47 Å². The van der Waals surface area contributed by atoms with Crippen molar-refractivity contribution in [1.82, 2.24) is 10.9 Å². The Balaban J connectivity index is 1.50. The van der Waals surface area contributed by atoms with Crippen LogP contribution in [0.2, 0.25) is 0 Å².